The topological polar surface area (TPSA) is 22.1 Å². The van der Waals surface area contributed by atoms with Crippen molar-refractivity contribution < 1.29 is 4.43 Å². The van der Waals surface area contributed by atoms with Crippen LogP contribution in [0.25, 0.3) is 6.08 Å². The van der Waals surface area contributed by atoms with E-state index in [0.29, 0.717) is 0 Å². The van der Waals surface area contributed by atoms with Gasteiger partial charge in [-0.1, -0.05) is 27.4 Å². The fraction of sp³-hybridized carbons (Fsp3) is 0.462. The van der Waals surface area contributed by atoms with Crippen molar-refractivity contribution in [3.8, 4) is 5.75 Å². The van der Waals surface area contributed by atoms with Gasteiger partial charge in [0.2, 0.25) is 0 Å². The van der Waals surface area contributed by atoms with Gasteiger partial charge in [0.1, 0.15) is 11.4 Å². The maximum atomic E-state index is 6.19. The van der Waals surface area contributed by atoms with Crippen LogP contribution in [0.5, 0.6) is 5.75 Å². The molecule has 0 radical (unpaired) electrons. The first kappa shape index (κ1) is 13.0. The summed E-state index contributed by atoms with van der Waals surface area (Å²) in [5.74, 6) is 0.851. The van der Waals surface area contributed by atoms with Crippen LogP contribution in [0.1, 0.15) is 26.5 Å². The third-order valence-corrected chi connectivity index (χ3v) is 7.51. The quantitative estimate of drug-likeness (QED) is 0.736. The van der Waals surface area contributed by atoms with Gasteiger partial charge in [0.15, 0.2) is 0 Å². The van der Waals surface area contributed by atoms with E-state index >= 15 is 0 Å². The molecule has 2 nitrogen and oxygen atoms in total. The van der Waals surface area contributed by atoms with Gasteiger partial charge in [-0.05, 0) is 36.3 Å². The monoisotopic (exact) mass is 235 g/mol. The van der Waals surface area contributed by atoms with E-state index in [0.717, 1.165) is 11.4 Å². The minimum absolute atomic E-state index is 0.196. The lowest BCUT2D eigenvalue weighted by molar-refractivity contribution is 0.489. The van der Waals surface area contributed by atoms with Gasteiger partial charge in [0.05, 0.1) is 0 Å². The third kappa shape index (κ3) is 2.73. The van der Waals surface area contributed by atoms with Gasteiger partial charge in [0, 0.05) is 6.20 Å². The fourth-order valence-electron chi connectivity index (χ4n) is 1.07. The first-order valence-electron chi connectivity index (χ1n) is 5.54. The molecular weight excluding hydrogens is 214 g/mol. The molecule has 0 aromatic carbocycles. The first-order valence-corrected chi connectivity index (χ1v) is 8.45. The molecule has 3 heteroatoms. The van der Waals surface area contributed by atoms with Crippen LogP contribution in [0.3, 0.4) is 0 Å². The number of hydrogen-bond donors (Lipinski definition) is 0. The highest BCUT2D eigenvalue weighted by Gasteiger charge is 2.39. The molecule has 1 aromatic heterocycles. The molecule has 1 aromatic rings. The lowest BCUT2D eigenvalue weighted by Gasteiger charge is -2.36. The Hall–Kier alpha value is -1.09. The molecule has 0 bridgehead atoms. The van der Waals surface area contributed by atoms with Crippen LogP contribution in [-0.2, 0) is 0 Å². The predicted molar refractivity (Wildman–Crippen MR) is 72.2 cm³/mol. The summed E-state index contributed by atoms with van der Waals surface area (Å²) in [5.41, 5.74) is 0.826. The molecule has 0 unspecified atom stereocenters. The maximum Gasteiger partial charge on any atom is 0.250 e. The largest absolute Gasteiger partial charge is 0.542 e. The van der Waals surface area contributed by atoms with Gasteiger partial charge in [-0.15, -0.1) is 0 Å². The molecule has 0 atom stereocenters. The van der Waals surface area contributed by atoms with E-state index in [9.17, 15) is 0 Å². The lowest BCUT2D eigenvalue weighted by Crippen LogP contribution is -2.44. The van der Waals surface area contributed by atoms with Crippen molar-refractivity contribution in [3.63, 3.8) is 0 Å². The van der Waals surface area contributed by atoms with Crippen molar-refractivity contribution >= 4 is 14.4 Å². The minimum Gasteiger partial charge on any atom is -0.542 e. The lowest BCUT2D eigenvalue weighted by atomic mass is 10.2. The first-order chi connectivity index (χ1) is 7.28. The van der Waals surface area contributed by atoms with Gasteiger partial charge in [-0.2, -0.15) is 0 Å². The molecule has 88 valence electrons. The highest BCUT2D eigenvalue weighted by molar-refractivity contribution is 6.74. The number of pyridine rings is 1. The second kappa shape index (κ2) is 4.42. The van der Waals surface area contributed by atoms with E-state index in [1.54, 1.807) is 12.3 Å². The Morgan fingerprint density at radius 3 is 2.50 bits per heavy atom. The van der Waals surface area contributed by atoms with Gasteiger partial charge in [-0.3, -0.25) is 4.98 Å². The second-order valence-electron chi connectivity index (χ2n) is 5.45. The normalized spacial score (nSPS) is 12.3. The van der Waals surface area contributed by atoms with E-state index in [4.69, 9.17) is 4.43 Å². The molecule has 0 aliphatic carbocycles. The van der Waals surface area contributed by atoms with E-state index in [1.165, 1.54) is 0 Å². The molecule has 0 saturated heterocycles. The summed E-state index contributed by atoms with van der Waals surface area (Å²) in [7, 11) is -1.78. The SMILES string of the molecule is C=Cc1ncccc1O[Si](C)(C)C(C)(C)C. The van der Waals surface area contributed by atoms with E-state index in [2.05, 4.69) is 45.4 Å². The summed E-state index contributed by atoms with van der Waals surface area (Å²) in [6, 6.07) is 3.86. The van der Waals surface area contributed by atoms with Crippen LogP contribution in [0.15, 0.2) is 24.9 Å². The highest BCUT2D eigenvalue weighted by atomic mass is 28.4. The molecule has 1 rings (SSSR count). The van der Waals surface area contributed by atoms with Crippen LogP contribution in [-0.4, -0.2) is 13.3 Å². The molecule has 0 saturated carbocycles. The van der Waals surface area contributed by atoms with E-state index in [-0.39, 0.29) is 5.04 Å². The number of aromatic nitrogens is 1. The Morgan fingerprint density at radius 1 is 1.38 bits per heavy atom. The van der Waals surface area contributed by atoms with Gasteiger partial charge in [0.25, 0.3) is 8.32 Å². The van der Waals surface area contributed by atoms with Crippen LogP contribution in [0.2, 0.25) is 18.1 Å². The Labute approximate surface area is 99.5 Å². The van der Waals surface area contributed by atoms with Crippen molar-refractivity contribution in [1.29, 1.82) is 0 Å². The van der Waals surface area contributed by atoms with Crippen molar-refractivity contribution in [3.05, 3.63) is 30.6 Å². The summed E-state index contributed by atoms with van der Waals surface area (Å²) in [6.07, 6.45) is 3.50. The average Bonchev–Trinajstić information content (AvgIpc) is 2.16. The Balaban J connectivity index is 3.01. The van der Waals surface area contributed by atoms with Crippen LogP contribution >= 0.6 is 0 Å². The zero-order chi connectivity index (χ0) is 12.4. The Morgan fingerprint density at radius 2 is 2.00 bits per heavy atom. The van der Waals surface area contributed by atoms with E-state index < -0.39 is 8.32 Å². The van der Waals surface area contributed by atoms with Crippen molar-refractivity contribution in [1.82, 2.24) is 4.98 Å². The molecule has 0 fully saturated rings. The van der Waals surface area contributed by atoms with Gasteiger partial charge < -0.3 is 4.43 Å². The maximum absolute atomic E-state index is 6.19. The van der Waals surface area contributed by atoms with E-state index in [1.807, 2.05) is 12.1 Å². The highest BCUT2D eigenvalue weighted by Crippen LogP contribution is 2.37. The summed E-state index contributed by atoms with van der Waals surface area (Å²) >= 11 is 0. The molecule has 0 N–H and O–H groups in total. The number of nitrogens with zero attached hydrogens (tertiary/aromatic N) is 1. The molecular formula is C13H21NOSi. The zero-order valence-corrected chi connectivity index (χ0v) is 11.9. The van der Waals surface area contributed by atoms with Crippen molar-refractivity contribution in [2.75, 3.05) is 0 Å². The predicted octanol–water partition coefficient (Wildman–Crippen LogP) is 4.11. The summed E-state index contributed by atoms with van der Waals surface area (Å²) in [6.45, 7) is 14.9. The summed E-state index contributed by atoms with van der Waals surface area (Å²) in [4.78, 5) is 4.24. The molecule has 0 aliphatic rings. The summed E-state index contributed by atoms with van der Waals surface area (Å²) in [5, 5.41) is 0.196. The number of hydrogen-bond acceptors (Lipinski definition) is 2. The van der Waals surface area contributed by atoms with Gasteiger partial charge in [-0.25, -0.2) is 0 Å². The standard InChI is InChI=1S/C13H21NOSi/c1-7-11-12(9-8-10-14-11)15-16(5,6)13(2,3)4/h7-10H,1H2,2-6H3. The zero-order valence-electron chi connectivity index (χ0n) is 10.9. The van der Waals surface area contributed by atoms with Crippen LogP contribution in [0.4, 0.5) is 0 Å². The molecule has 0 amide bonds. The van der Waals surface area contributed by atoms with Crippen molar-refractivity contribution in [2.45, 2.75) is 38.9 Å². The van der Waals surface area contributed by atoms with Crippen LogP contribution in [0, 0.1) is 0 Å². The second-order valence-corrected chi connectivity index (χ2v) is 10.2. The number of rotatable bonds is 3. The Kier molecular flexibility index (Phi) is 3.58. The third-order valence-electron chi connectivity index (χ3n) is 3.16. The average molecular weight is 235 g/mol. The smallest absolute Gasteiger partial charge is 0.250 e. The summed E-state index contributed by atoms with van der Waals surface area (Å²) < 4.78 is 6.19. The minimum atomic E-state index is -1.78. The van der Waals surface area contributed by atoms with Crippen LogP contribution < -0.4 is 4.43 Å². The van der Waals surface area contributed by atoms with Crippen molar-refractivity contribution in [2.24, 2.45) is 0 Å². The molecule has 0 spiro atoms. The molecule has 0 aliphatic heterocycles. The Bertz CT molecular complexity index is 380. The fourth-order valence-corrected chi connectivity index (χ4v) is 2.10. The van der Waals surface area contributed by atoms with Gasteiger partial charge >= 0.3 is 0 Å². The molecule has 16 heavy (non-hydrogen) atoms. The molecule has 1 heterocycles.